The van der Waals surface area contributed by atoms with Gasteiger partial charge in [0.05, 0.1) is 13.5 Å². The van der Waals surface area contributed by atoms with Gasteiger partial charge in [-0.05, 0) is 35.4 Å². The molecule has 0 spiro atoms. The summed E-state index contributed by atoms with van der Waals surface area (Å²) in [5.74, 6) is 0.458. The molecular weight excluding hydrogens is 228 g/mol. The first-order valence-electron chi connectivity index (χ1n) is 6.39. The predicted molar refractivity (Wildman–Crippen MR) is 72.4 cm³/mol. The van der Waals surface area contributed by atoms with E-state index < -0.39 is 5.97 Å². The van der Waals surface area contributed by atoms with E-state index in [1.165, 1.54) is 5.56 Å². The molecule has 100 valence electrons. The number of carboxylic acids is 1. The second-order valence-corrected chi connectivity index (χ2v) is 4.86. The van der Waals surface area contributed by atoms with Crippen LogP contribution in [0.5, 0.6) is 5.75 Å². The van der Waals surface area contributed by atoms with Gasteiger partial charge in [0.25, 0.3) is 0 Å². The lowest BCUT2D eigenvalue weighted by Crippen LogP contribution is -2.07. The molecule has 3 heteroatoms. The summed E-state index contributed by atoms with van der Waals surface area (Å²) in [4.78, 5) is 10.9. The fraction of sp³-hybridized carbons (Fsp3) is 0.533. The number of hydrogen-bond donors (Lipinski definition) is 1. The predicted octanol–water partition coefficient (Wildman–Crippen LogP) is 3.79. The molecule has 0 radical (unpaired) electrons. The SMILES string of the molecule is CCC(CC(=O)O)c1cc(C(C)C)ccc1OC. The minimum absolute atomic E-state index is 0.0103. The van der Waals surface area contributed by atoms with E-state index in [1.54, 1.807) is 7.11 Å². The highest BCUT2D eigenvalue weighted by Crippen LogP contribution is 2.33. The highest BCUT2D eigenvalue weighted by Gasteiger charge is 2.18. The third-order valence-electron chi connectivity index (χ3n) is 3.27. The molecule has 1 atom stereocenters. The van der Waals surface area contributed by atoms with Crippen molar-refractivity contribution in [2.75, 3.05) is 7.11 Å². The number of benzene rings is 1. The minimum atomic E-state index is -0.765. The van der Waals surface area contributed by atoms with Gasteiger partial charge in [-0.2, -0.15) is 0 Å². The number of rotatable bonds is 6. The van der Waals surface area contributed by atoms with Crippen LogP contribution >= 0.6 is 0 Å². The zero-order chi connectivity index (χ0) is 13.7. The Labute approximate surface area is 109 Å². The first-order valence-corrected chi connectivity index (χ1v) is 6.39. The van der Waals surface area contributed by atoms with Gasteiger partial charge in [0.15, 0.2) is 0 Å². The molecule has 1 unspecified atom stereocenters. The van der Waals surface area contributed by atoms with Gasteiger partial charge in [-0.15, -0.1) is 0 Å². The van der Waals surface area contributed by atoms with Crippen molar-refractivity contribution in [2.24, 2.45) is 0 Å². The zero-order valence-electron chi connectivity index (χ0n) is 11.6. The van der Waals surface area contributed by atoms with E-state index in [4.69, 9.17) is 9.84 Å². The quantitative estimate of drug-likeness (QED) is 0.835. The summed E-state index contributed by atoms with van der Waals surface area (Å²) in [5.41, 5.74) is 2.23. The second-order valence-electron chi connectivity index (χ2n) is 4.86. The van der Waals surface area contributed by atoms with Crippen molar-refractivity contribution in [1.29, 1.82) is 0 Å². The van der Waals surface area contributed by atoms with Crippen molar-refractivity contribution in [2.45, 2.75) is 45.4 Å². The summed E-state index contributed by atoms with van der Waals surface area (Å²) in [6.07, 6.45) is 0.943. The van der Waals surface area contributed by atoms with E-state index in [1.807, 2.05) is 19.1 Å². The number of carboxylic acid groups (broad SMARTS) is 1. The fourth-order valence-electron chi connectivity index (χ4n) is 2.12. The largest absolute Gasteiger partial charge is 0.496 e. The maximum absolute atomic E-state index is 10.9. The van der Waals surface area contributed by atoms with Crippen LogP contribution in [0.4, 0.5) is 0 Å². The van der Waals surface area contributed by atoms with E-state index in [0.29, 0.717) is 5.92 Å². The summed E-state index contributed by atoms with van der Waals surface area (Å²) in [6, 6.07) is 6.07. The highest BCUT2D eigenvalue weighted by atomic mass is 16.5. The summed E-state index contributed by atoms with van der Waals surface area (Å²) < 4.78 is 5.35. The Balaban J connectivity index is 3.16. The second kappa shape index (κ2) is 6.43. The first-order chi connectivity index (χ1) is 8.49. The van der Waals surface area contributed by atoms with Gasteiger partial charge in [0, 0.05) is 0 Å². The van der Waals surface area contributed by atoms with Crippen molar-refractivity contribution in [3.8, 4) is 5.75 Å². The maximum atomic E-state index is 10.9. The standard InChI is InChI=1S/C15H22O3/c1-5-11(9-15(16)17)13-8-12(10(2)3)6-7-14(13)18-4/h6-8,10-11H,5,9H2,1-4H3,(H,16,17). The third-order valence-corrected chi connectivity index (χ3v) is 3.27. The van der Waals surface area contributed by atoms with E-state index in [2.05, 4.69) is 19.9 Å². The molecule has 0 aliphatic carbocycles. The van der Waals surface area contributed by atoms with Crippen LogP contribution in [0, 0.1) is 0 Å². The van der Waals surface area contributed by atoms with Crippen LogP contribution in [0.1, 0.15) is 56.6 Å². The van der Waals surface area contributed by atoms with Gasteiger partial charge in [-0.1, -0.05) is 32.9 Å². The Kier molecular flexibility index (Phi) is 5.20. The molecule has 0 heterocycles. The van der Waals surface area contributed by atoms with Crippen molar-refractivity contribution in [3.05, 3.63) is 29.3 Å². The van der Waals surface area contributed by atoms with E-state index in [0.717, 1.165) is 17.7 Å². The lowest BCUT2D eigenvalue weighted by molar-refractivity contribution is -0.137. The van der Waals surface area contributed by atoms with Gasteiger partial charge in [0.2, 0.25) is 0 Å². The number of methoxy groups -OCH3 is 1. The Hall–Kier alpha value is -1.51. The number of aliphatic carboxylic acids is 1. The summed E-state index contributed by atoms with van der Waals surface area (Å²) in [7, 11) is 1.63. The Morgan fingerprint density at radius 1 is 1.39 bits per heavy atom. The molecule has 0 fully saturated rings. The van der Waals surface area contributed by atoms with Crippen molar-refractivity contribution in [1.82, 2.24) is 0 Å². The van der Waals surface area contributed by atoms with Crippen LogP contribution in [0.2, 0.25) is 0 Å². The van der Waals surface area contributed by atoms with Crippen LogP contribution in [0.15, 0.2) is 18.2 Å². The molecule has 0 aromatic heterocycles. The molecule has 1 rings (SSSR count). The molecule has 0 saturated carbocycles. The number of carbonyl (C=O) groups is 1. The van der Waals surface area contributed by atoms with Crippen LogP contribution in [-0.2, 0) is 4.79 Å². The van der Waals surface area contributed by atoms with E-state index in [-0.39, 0.29) is 12.3 Å². The molecule has 1 aromatic carbocycles. The molecule has 1 aromatic rings. The van der Waals surface area contributed by atoms with Crippen LogP contribution < -0.4 is 4.74 Å². The van der Waals surface area contributed by atoms with Crippen LogP contribution in [-0.4, -0.2) is 18.2 Å². The lowest BCUT2D eigenvalue weighted by Gasteiger charge is -2.19. The normalized spacial score (nSPS) is 12.5. The Bertz CT molecular complexity index is 410. The van der Waals surface area contributed by atoms with Gasteiger partial charge in [-0.3, -0.25) is 4.79 Å². The summed E-state index contributed by atoms with van der Waals surface area (Å²) in [6.45, 7) is 6.27. The van der Waals surface area contributed by atoms with Gasteiger partial charge in [-0.25, -0.2) is 0 Å². The average Bonchev–Trinajstić information content (AvgIpc) is 2.34. The topological polar surface area (TPSA) is 46.5 Å². The molecule has 0 saturated heterocycles. The molecule has 18 heavy (non-hydrogen) atoms. The van der Waals surface area contributed by atoms with Gasteiger partial charge >= 0.3 is 5.97 Å². The van der Waals surface area contributed by atoms with Crippen molar-refractivity contribution in [3.63, 3.8) is 0 Å². The Morgan fingerprint density at radius 2 is 2.06 bits per heavy atom. The third kappa shape index (κ3) is 3.49. The smallest absolute Gasteiger partial charge is 0.303 e. The van der Waals surface area contributed by atoms with Crippen molar-refractivity contribution >= 4 is 5.97 Å². The van der Waals surface area contributed by atoms with E-state index >= 15 is 0 Å². The molecule has 0 aliphatic heterocycles. The molecule has 3 nitrogen and oxygen atoms in total. The lowest BCUT2D eigenvalue weighted by atomic mass is 9.89. The van der Waals surface area contributed by atoms with Crippen LogP contribution in [0.3, 0.4) is 0 Å². The van der Waals surface area contributed by atoms with Gasteiger partial charge < -0.3 is 9.84 Å². The first kappa shape index (κ1) is 14.6. The molecule has 0 amide bonds. The summed E-state index contributed by atoms with van der Waals surface area (Å²) in [5, 5.41) is 8.98. The molecular formula is C15H22O3. The highest BCUT2D eigenvalue weighted by molar-refractivity contribution is 5.68. The minimum Gasteiger partial charge on any atom is -0.496 e. The monoisotopic (exact) mass is 250 g/mol. The number of ether oxygens (including phenoxy) is 1. The molecule has 0 aliphatic rings. The number of hydrogen-bond acceptors (Lipinski definition) is 2. The zero-order valence-corrected chi connectivity index (χ0v) is 11.6. The Morgan fingerprint density at radius 3 is 2.50 bits per heavy atom. The molecule has 1 N–H and O–H groups in total. The average molecular weight is 250 g/mol. The van der Waals surface area contributed by atoms with E-state index in [9.17, 15) is 4.79 Å². The summed E-state index contributed by atoms with van der Waals surface area (Å²) >= 11 is 0. The maximum Gasteiger partial charge on any atom is 0.303 e. The van der Waals surface area contributed by atoms with Gasteiger partial charge in [0.1, 0.15) is 5.75 Å². The fourth-order valence-corrected chi connectivity index (χ4v) is 2.12. The van der Waals surface area contributed by atoms with Crippen LogP contribution in [0.25, 0.3) is 0 Å². The molecule has 0 bridgehead atoms. The van der Waals surface area contributed by atoms with Crippen molar-refractivity contribution < 1.29 is 14.6 Å².